The second kappa shape index (κ2) is 9.63. The number of nitrogens with one attached hydrogen (secondary N) is 1. The molecule has 0 spiro atoms. The first-order chi connectivity index (χ1) is 12.4. The summed E-state index contributed by atoms with van der Waals surface area (Å²) < 4.78 is 17.4. The fourth-order valence-corrected chi connectivity index (χ4v) is 3.30. The summed E-state index contributed by atoms with van der Waals surface area (Å²) in [4.78, 5) is 6.69. The molecule has 2 aliphatic heterocycles. The Bertz CT molecular complexity index is 532. The molecule has 0 bridgehead atoms. The SMILES string of the molecule is CN=C(NCCCOc1ccccc1)N1CCOC(C2CCCO2)C1. The van der Waals surface area contributed by atoms with Gasteiger partial charge in [-0.2, -0.15) is 0 Å². The molecule has 0 aliphatic carbocycles. The summed E-state index contributed by atoms with van der Waals surface area (Å²) >= 11 is 0. The Balaban J connectivity index is 1.38. The summed E-state index contributed by atoms with van der Waals surface area (Å²) in [5.74, 6) is 1.85. The second-order valence-electron chi connectivity index (χ2n) is 6.40. The van der Waals surface area contributed by atoms with Crippen molar-refractivity contribution in [1.29, 1.82) is 0 Å². The highest BCUT2D eigenvalue weighted by Gasteiger charge is 2.32. The topological polar surface area (TPSA) is 55.3 Å². The molecule has 0 saturated carbocycles. The van der Waals surface area contributed by atoms with Crippen molar-refractivity contribution in [3.8, 4) is 5.75 Å². The van der Waals surface area contributed by atoms with Crippen LogP contribution in [0.3, 0.4) is 0 Å². The first-order valence-electron chi connectivity index (χ1n) is 9.23. The van der Waals surface area contributed by atoms with Crippen LogP contribution in [-0.2, 0) is 9.47 Å². The van der Waals surface area contributed by atoms with Gasteiger partial charge in [0.15, 0.2) is 5.96 Å². The summed E-state index contributed by atoms with van der Waals surface area (Å²) in [7, 11) is 1.83. The number of hydrogen-bond acceptors (Lipinski definition) is 4. The van der Waals surface area contributed by atoms with Crippen LogP contribution in [0.5, 0.6) is 5.75 Å². The third kappa shape index (κ3) is 5.34. The molecule has 2 heterocycles. The van der Waals surface area contributed by atoms with Crippen molar-refractivity contribution in [2.45, 2.75) is 31.5 Å². The monoisotopic (exact) mass is 347 g/mol. The number of nitrogens with zero attached hydrogens (tertiary/aromatic N) is 2. The number of aliphatic imine (C=N–C) groups is 1. The van der Waals surface area contributed by atoms with Crippen molar-refractivity contribution in [2.24, 2.45) is 4.99 Å². The maximum absolute atomic E-state index is 5.91. The number of para-hydroxylation sites is 1. The van der Waals surface area contributed by atoms with Crippen molar-refractivity contribution in [3.63, 3.8) is 0 Å². The summed E-state index contributed by atoms with van der Waals surface area (Å²) in [5, 5.41) is 3.44. The van der Waals surface area contributed by atoms with Gasteiger partial charge in [0.25, 0.3) is 0 Å². The van der Waals surface area contributed by atoms with Gasteiger partial charge < -0.3 is 24.4 Å². The minimum Gasteiger partial charge on any atom is -0.494 e. The Morgan fingerprint density at radius 3 is 2.84 bits per heavy atom. The zero-order valence-corrected chi connectivity index (χ0v) is 15.0. The molecule has 2 saturated heterocycles. The molecule has 0 aromatic heterocycles. The molecule has 2 atom stereocenters. The maximum atomic E-state index is 5.91. The van der Waals surface area contributed by atoms with E-state index < -0.39 is 0 Å². The summed E-state index contributed by atoms with van der Waals surface area (Å²) in [6.45, 7) is 4.81. The number of hydrogen-bond donors (Lipinski definition) is 1. The Morgan fingerprint density at radius 1 is 1.24 bits per heavy atom. The molecular formula is C19H29N3O3. The quantitative estimate of drug-likeness (QED) is 0.484. The van der Waals surface area contributed by atoms with Gasteiger partial charge in [0.1, 0.15) is 11.9 Å². The molecule has 3 rings (SSSR count). The van der Waals surface area contributed by atoms with E-state index >= 15 is 0 Å². The zero-order valence-electron chi connectivity index (χ0n) is 15.0. The molecular weight excluding hydrogens is 318 g/mol. The van der Waals surface area contributed by atoms with Gasteiger partial charge >= 0.3 is 0 Å². The smallest absolute Gasteiger partial charge is 0.193 e. The summed E-state index contributed by atoms with van der Waals surface area (Å²) in [6, 6.07) is 9.91. The number of guanidine groups is 1. The molecule has 6 nitrogen and oxygen atoms in total. The Morgan fingerprint density at radius 2 is 2.08 bits per heavy atom. The molecule has 0 amide bonds. The Hall–Kier alpha value is -1.79. The highest BCUT2D eigenvalue weighted by Crippen LogP contribution is 2.21. The van der Waals surface area contributed by atoms with Gasteiger partial charge in [0, 0.05) is 33.3 Å². The highest BCUT2D eigenvalue weighted by atomic mass is 16.5. The van der Waals surface area contributed by atoms with Crippen molar-refractivity contribution in [2.75, 3.05) is 46.5 Å². The third-order valence-corrected chi connectivity index (χ3v) is 4.60. The lowest BCUT2D eigenvalue weighted by Crippen LogP contribution is -2.53. The van der Waals surface area contributed by atoms with Crippen LogP contribution in [0.15, 0.2) is 35.3 Å². The van der Waals surface area contributed by atoms with E-state index in [0.717, 1.165) is 63.8 Å². The third-order valence-electron chi connectivity index (χ3n) is 4.60. The van der Waals surface area contributed by atoms with Crippen LogP contribution < -0.4 is 10.1 Å². The van der Waals surface area contributed by atoms with E-state index in [4.69, 9.17) is 14.2 Å². The fourth-order valence-electron chi connectivity index (χ4n) is 3.30. The van der Waals surface area contributed by atoms with E-state index in [9.17, 15) is 0 Å². The van der Waals surface area contributed by atoms with E-state index in [-0.39, 0.29) is 12.2 Å². The van der Waals surface area contributed by atoms with Crippen LogP contribution in [0, 0.1) is 0 Å². The molecule has 1 aromatic carbocycles. The lowest BCUT2D eigenvalue weighted by atomic mass is 10.1. The Labute approximate surface area is 150 Å². The first kappa shape index (κ1) is 18.0. The van der Waals surface area contributed by atoms with Crippen LogP contribution in [-0.4, -0.2) is 69.6 Å². The predicted octanol–water partition coefficient (Wildman–Crippen LogP) is 1.91. The van der Waals surface area contributed by atoms with E-state index in [2.05, 4.69) is 15.2 Å². The van der Waals surface area contributed by atoms with Gasteiger partial charge in [-0.1, -0.05) is 18.2 Å². The van der Waals surface area contributed by atoms with Crippen LogP contribution in [0.2, 0.25) is 0 Å². The number of benzene rings is 1. The van der Waals surface area contributed by atoms with E-state index in [1.165, 1.54) is 0 Å². The lowest BCUT2D eigenvalue weighted by Gasteiger charge is -2.37. The largest absolute Gasteiger partial charge is 0.494 e. The average molecular weight is 347 g/mol. The molecule has 25 heavy (non-hydrogen) atoms. The summed E-state index contributed by atoms with van der Waals surface area (Å²) in [6.07, 6.45) is 3.55. The van der Waals surface area contributed by atoms with E-state index in [1.807, 2.05) is 37.4 Å². The van der Waals surface area contributed by atoms with Crippen molar-refractivity contribution in [1.82, 2.24) is 10.2 Å². The molecule has 6 heteroatoms. The molecule has 138 valence electrons. The van der Waals surface area contributed by atoms with E-state index in [0.29, 0.717) is 6.61 Å². The highest BCUT2D eigenvalue weighted by molar-refractivity contribution is 5.80. The first-order valence-corrected chi connectivity index (χ1v) is 9.23. The second-order valence-corrected chi connectivity index (χ2v) is 6.40. The molecule has 0 radical (unpaired) electrons. The standard InChI is InChI=1S/C19H29N3O3/c1-20-19(21-10-6-13-23-16-7-3-2-4-8-16)22-11-14-25-18(15-22)17-9-5-12-24-17/h2-4,7-8,17-18H,5-6,9-15H2,1H3,(H,20,21). The number of rotatable bonds is 6. The van der Waals surface area contributed by atoms with Gasteiger partial charge in [-0.05, 0) is 31.4 Å². The van der Waals surface area contributed by atoms with Crippen molar-refractivity contribution >= 4 is 5.96 Å². The molecule has 2 unspecified atom stereocenters. The predicted molar refractivity (Wildman–Crippen MR) is 98.2 cm³/mol. The molecule has 2 aliphatic rings. The summed E-state index contributed by atoms with van der Waals surface area (Å²) in [5.41, 5.74) is 0. The van der Waals surface area contributed by atoms with Gasteiger partial charge in [-0.15, -0.1) is 0 Å². The molecule has 1 aromatic rings. The molecule has 2 fully saturated rings. The number of morpholine rings is 1. The van der Waals surface area contributed by atoms with Crippen LogP contribution in [0.1, 0.15) is 19.3 Å². The maximum Gasteiger partial charge on any atom is 0.193 e. The lowest BCUT2D eigenvalue weighted by molar-refractivity contribution is -0.0816. The fraction of sp³-hybridized carbons (Fsp3) is 0.632. The normalized spacial score (nSPS) is 24.4. The van der Waals surface area contributed by atoms with Gasteiger partial charge in [0.05, 0.1) is 19.3 Å². The van der Waals surface area contributed by atoms with Crippen LogP contribution in [0.25, 0.3) is 0 Å². The van der Waals surface area contributed by atoms with Crippen molar-refractivity contribution in [3.05, 3.63) is 30.3 Å². The van der Waals surface area contributed by atoms with Gasteiger partial charge in [-0.3, -0.25) is 4.99 Å². The minimum absolute atomic E-state index is 0.149. The van der Waals surface area contributed by atoms with Crippen LogP contribution >= 0.6 is 0 Å². The van der Waals surface area contributed by atoms with Crippen LogP contribution in [0.4, 0.5) is 0 Å². The minimum atomic E-state index is 0.149. The average Bonchev–Trinajstić information content (AvgIpc) is 3.20. The molecule has 1 N–H and O–H groups in total. The van der Waals surface area contributed by atoms with Gasteiger partial charge in [-0.25, -0.2) is 0 Å². The number of ether oxygens (including phenoxy) is 3. The van der Waals surface area contributed by atoms with E-state index in [1.54, 1.807) is 0 Å². The Kier molecular flexibility index (Phi) is 6.94. The zero-order chi connectivity index (χ0) is 17.3. The van der Waals surface area contributed by atoms with Crippen molar-refractivity contribution < 1.29 is 14.2 Å². The van der Waals surface area contributed by atoms with Gasteiger partial charge in [0.2, 0.25) is 0 Å².